The van der Waals surface area contributed by atoms with Gasteiger partial charge in [-0.2, -0.15) is 0 Å². The van der Waals surface area contributed by atoms with E-state index in [-0.39, 0.29) is 17.4 Å². The molecule has 2 aromatic rings. The second-order valence-corrected chi connectivity index (χ2v) is 6.56. The van der Waals surface area contributed by atoms with E-state index in [0.717, 1.165) is 30.6 Å². The number of nitrogens with one attached hydrogen (secondary N) is 1. The summed E-state index contributed by atoms with van der Waals surface area (Å²) in [6.45, 7) is 3.22. The van der Waals surface area contributed by atoms with E-state index in [4.69, 9.17) is 0 Å². The summed E-state index contributed by atoms with van der Waals surface area (Å²) in [5.74, 6) is -0.241. The third-order valence-corrected chi connectivity index (χ3v) is 4.72. The lowest BCUT2D eigenvalue weighted by Crippen LogP contribution is -2.50. The third-order valence-electron chi connectivity index (χ3n) is 4.72. The number of urea groups is 1. The zero-order valence-electron chi connectivity index (χ0n) is 14.0. The highest BCUT2D eigenvalue weighted by Crippen LogP contribution is 2.32. The molecular formula is C17H22FN5O. The Bertz CT molecular complexity index is 714. The van der Waals surface area contributed by atoms with Crippen molar-refractivity contribution in [1.82, 2.24) is 25.2 Å². The van der Waals surface area contributed by atoms with Crippen molar-refractivity contribution in [3.63, 3.8) is 0 Å². The zero-order chi connectivity index (χ0) is 17.2. The van der Waals surface area contributed by atoms with E-state index in [1.54, 1.807) is 30.1 Å². The van der Waals surface area contributed by atoms with Gasteiger partial charge >= 0.3 is 6.03 Å². The van der Waals surface area contributed by atoms with Crippen molar-refractivity contribution in [2.75, 3.05) is 6.54 Å². The predicted molar refractivity (Wildman–Crippen MR) is 87.7 cm³/mol. The Morgan fingerprint density at radius 2 is 2.12 bits per heavy atom. The molecule has 1 atom stereocenters. The van der Waals surface area contributed by atoms with E-state index in [9.17, 15) is 9.18 Å². The molecule has 1 aliphatic rings. The molecule has 1 aromatic heterocycles. The van der Waals surface area contributed by atoms with Crippen LogP contribution in [-0.4, -0.2) is 38.0 Å². The van der Waals surface area contributed by atoms with Gasteiger partial charge in [0.15, 0.2) is 0 Å². The summed E-state index contributed by atoms with van der Waals surface area (Å²) in [6, 6.07) is 6.42. The number of carbonyl (C=O) groups is 1. The van der Waals surface area contributed by atoms with Gasteiger partial charge in [0.2, 0.25) is 0 Å². The third kappa shape index (κ3) is 3.39. The van der Waals surface area contributed by atoms with Crippen LogP contribution in [0.1, 0.15) is 31.0 Å². The van der Waals surface area contributed by atoms with Crippen molar-refractivity contribution < 1.29 is 9.18 Å². The van der Waals surface area contributed by atoms with Crippen molar-refractivity contribution in [3.8, 4) is 0 Å². The molecule has 0 aliphatic carbocycles. The summed E-state index contributed by atoms with van der Waals surface area (Å²) in [7, 11) is 1.79. The fourth-order valence-electron chi connectivity index (χ4n) is 3.33. The summed E-state index contributed by atoms with van der Waals surface area (Å²) >= 11 is 0. The van der Waals surface area contributed by atoms with Gasteiger partial charge in [-0.3, -0.25) is 4.68 Å². The fourth-order valence-corrected chi connectivity index (χ4v) is 3.33. The predicted octanol–water partition coefficient (Wildman–Crippen LogP) is 2.26. The average Bonchev–Trinajstić information content (AvgIpc) is 3.13. The van der Waals surface area contributed by atoms with Crippen molar-refractivity contribution in [2.45, 2.75) is 38.3 Å². The maximum atomic E-state index is 13.1. The number of aromatic nitrogens is 3. The molecule has 2 amide bonds. The Morgan fingerprint density at radius 1 is 1.38 bits per heavy atom. The number of amides is 2. The molecule has 0 bridgehead atoms. The second-order valence-electron chi connectivity index (χ2n) is 6.56. The number of hydrogen-bond acceptors (Lipinski definition) is 3. The molecule has 0 radical (unpaired) electrons. The van der Waals surface area contributed by atoms with Crippen LogP contribution in [0.3, 0.4) is 0 Å². The fraction of sp³-hybridized carbons (Fsp3) is 0.471. The number of nitrogens with zero attached hydrogens (tertiary/aromatic N) is 4. The Labute approximate surface area is 140 Å². The van der Waals surface area contributed by atoms with Crippen LogP contribution in [0.4, 0.5) is 9.18 Å². The number of hydrogen-bond donors (Lipinski definition) is 1. The molecular weight excluding hydrogens is 309 g/mol. The summed E-state index contributed by atoms with van der Waals surface area (Å²) in [5, 5.41) is 10.6. The lowest BCUT2D eigenvalue weighted by molar-refractivity contribution is 0.155. The molecule has 3 rings (SSSR count). The van der Waals surface area contributed by atoms with Gasteiger partial charge in [-0.15, -0.1) is 5.10 Å². The van der Waals surface area contributed by atoms with Crippen LogP contribution >= 0.6 is 0 Å². The summed E-state index contributed by atoms with van der Waals surface area (Å²) in [6.07, 6.45) is 4.26. The van der Waals surface area contributed by atoms with Crippen LogP contribution in [0.15, 0.2) is 30.5 Å². The minimum atomic E-state index is -0.257. The van der Waals surface area contributed by atoms with E-state index in [2.05, 4.69) is 22.6 Å². The maximum absolute atomic E-state index is 13.1. The van der Waals surface area contributed by atoms with Crippen LogP contribution in [-0.2, 0) is 20.0 Å². The molecule has 1 aromatic carbocycles. The smallest absolute Gasteiger partial charge is 0.318 e. The molecule has 2 heterocycles. The lowest BCUT2D eigenvalue weighted by Gasteiger charge is -2.35. The van der Waals surface area contributed by atoms with Gasteiger partial charge in [-0.05, 0) is 43.9 Å². The van der Waals surface area contributed by atoms with Gasteiger partial charge < -0.3 is 10.2 Å². The second kappa shape index (κ2) is 6.59. The number of halogens is 1. The maximum Gasteiger partial charge on any atom is 0.318 e. The van der Waals surface area contributed by atoms with Crippen LogP contribution in [0, 0.1) is 5.82 Å². The van der Waals surface area contributed by atoms with Gasteiger partial charge in [0.1, 0.15) is 5.82 Å². The number of carbonyl (C=O) groups excluding carboxylic acids is 1. The van der Waals surface area contributed by atoms with E-state index in [1.807, 2.05) is 4.90 Å². The monoisotopic (exact) mass is 331 g/mol. The first-order valence-corrected chi connectivity index (χ1v) is 8.11. The van der Waals surface area contributed by atoms with Crippen molar-refractivity contribution in [2.24, 2.45) is 7.05 Å². The molecule has 7 heteroatoms. The Kier molecular flexibility index (Phi) is 4.51. The first kappa shape index (κ1) is 16.4. The Balaban J connectivity index is 1.66. The summed E-state index contributed by atoms with van der Waals surface area (Å²) < 4.78 is 14.7. The van der Waals surface area contributed by atoms with Crippen LogP contribution in [0.5, 0.6) is 0 Å². The lowest BCUT2D eigenvalue weighted by atomic mass is 9.90. The van der Waals surface area contributed by atoms with E-state index >= 15 is 0 Å². The van der Waals surface area contributed by atoms with Crippen molar-refractivity contribution in [3.05, 3.63) is 47.5 Å². The highest BCUT2D eigenvalue weighted by molar-refractivity contribution is 5.75. The molecule has 0 unspecified atom stereocenters. The Morgan fingerprint density at radius 3 is 2.79 bits per heavy atom. The van der Waals surface area contributed by atoms with Crippen LogP contribution < -0.4 is 5.32 Å². The molecule has 0 spiro atoms. The molecule has 1 saturated heterocycles. The standard InChI is InChI=1S/C17H22FN5O/c1-17(10-13-4-6-14(18)7-5-13)8-3-9-23(17)16(24)19-11-15-12-20-21-22(15)2/h4-7,12H,3,8-11H2,1-2H3,(H,19,24)/t17-/m1/s1. The average molecular weight is 331 g/mol. The van der Waals surface area contributed by atoms with Gasteiger partial charge in [-0.1, -0.05) is 17.3 Å². The molecule has 24 heavy (non-hydrogen) atoms. The SMILES string of the molecule is Cn1nncc1CNC(=O)N1CCC[C@]1(C)Cc1ccc(F)cc1. The Hall–Kier alpha value is -2.44. The van der Waals surface area contributed by atoms with Crippen molar-refractivity contribution >= 4 is 6.03 Å². The number of rotatable bonds is 4. The molecule has 1 aliphatic heterocycles. The summed E-state index contributed by atoms with van der Waals surface area (Å²) in [5.41, 5.74) is 1.63. The first-order chi connectivity index (χ1) is 11.5. The van der Waals surface area contributed by atoms with E-state index in [1.165, 1.54) is 12.1 Å². The molecule has 0 saturated carbocycles. The van der Waals surface area contributed by atoms with Gasteiger partial charge in [0.25, 0.3) is 0 Å². The quantitative estimate of drug-likeness (QED) is 0.935. The number of aryl methyl sites for hydroxylation is 1. The topological polar surface area (TPSA) is 63.1 Å². The minimum Gasteiger partial charge on any atom is -0.332 e. The van der Waals surface area contributed by atoms with Crippen LogP contribution in [0.25, 0.3) is 0 Å². The highest BCUT2D eigenvalue weighted by Gasteiger charge is 2.39. The molecule has 1 N–H and O–H groups in total. The zero-order valence-corrected chi connectivity index (χ0v) is 14.0. The van der Waals surface area contributed by atoms with Gasteiger partial charge in [0.05, 0.1) is 18.4 Å². The van der Waals surface area contributed by atoms with Gasteiger partial charge in [0, 0.05) is 19.1 Å². The molecule has 128 valence electrons. The van der Waals surface area contributed by atoms with E-state index in [0.29, 0.717) is 13.0 Å². The normalized spacial score (nSPS) is 20.4. The van der Waals surface area contributed by atoms with Crippen molar-refractivity contribution in [1.29, 1.82) is 0 Å². The number of likely N-dealkylation sites (tertiary alicyclic amines) is 1. The minimum absolute atomic E-state index is 0.0849. The number of benzene rings is 1. The largest absolute Gasteiger partial charge is 0.332 e. The van der Waals surface area contributed by atoms with Crippen LogP contribution in [0.2, 0.25) is 0 Å². The summed E-state index contributed by atoms with van der Waals surface area (Å²) in [4.78, 5) is 14.5. The first-order valence-electron chi connectivity index (χ1n) is 8.11. The van der Waals surface area contributed by atoms with E-state index < -0.39 is 0 Å². The highest BCUT2D eigenvalue weighted by atomic mass is 19.1. The van der Waals surface area contributed by atoms with Gasteiger partial charge in [-0.25, -0.2) is 9.18 Å². The molecule has 6 nitrogen and oxygen atoms in total. The molecule has 1 fully saturated rings.